The Morgan fingerprint density at radius 2 is 2.00 bits per heavy atom. The predicted molar refractivity (Wildman–Crippen MR) is 80.7 cm³/mol. The fraction of sp³-hybridized carbons (Fsp3) is 0.571. The molecule has 1 aliphatic rings. The number of rotatable bonds is 4. The van der Waals surface area contributed by atoms with Gasteiger partial charge < -0.3 is 16.4 Å². The summed E-state index contributed by atoms with van der Waals surface area (Å²) >= 11 is 0. The van der Waals surface area contributed by atoms with E-state index in [0.29, 0.717) is 17.2 Å². The third-order valence-corrected chi connectivity index (χ3v) is 3.51. The molecule has 1 aromatic heterocycles. The standard InChI is InChI=1S/C14H23N5O/c1-10(2)9-18-3-5-19(6-4-18)13-7-11(14(16)20)12(15)8-17-13/h7-8,10H,3-6,9,15H2,1-2H3,(H2,16,20). The van der Waals surface area contributed by atoms with Crippen molar-refractivity contribution in [3.05, 3.63) is 17.8 Å². The zero-order chi connectivity index (χ0) is 14.7. The number of piperazine rings is 1. The Labute approximate surface area is 119 Å². The molecule has 0 unspecified atom stereocenters. The lowest BCUT2D eigenvalue weighted by Crippen LogP contribution is -2.47. The van der Waals surface area contributed by atoms with Crippen LogP contribution >= 0.6 is 0 Å². The maximum absolute atomic E-state index is 11.3. The Balaban J connectivity index is 2.03. The first kappa shape index (κ1) is 14.6. The van der Waals surface area contributed by atoms with E-state index >= 15 is 0 Å². The first-order chi connectivity index (χ1) is 9.47. The van der Waals surface area contributed by atoms with Crippen molar-refractivity contribution in [2.24, 2.45) is 11.7 Å². The molecule has 1 amide bonds. The Hall–Kier alpha value is -1.82. The highest BCUT2D eigenvalue weighted by molar-refractivity contribution is 5.98. The summed E-state index contributed by atoms with van der Waals surface area (Å²) in [5.41, 5.74) is 11.7. The second-order valence-corrected chi connectivity index (χ2v) is 5.68. The highest BCUT2D eigenvalue weighted by atomic mass is 16.1. The van der Waals surface area contributed by atoms with Crippen molar-refractivity contribution in [1.29, 1.82) is 0 Å². The number of nitrogen functional groups attached to an aromatic ring is 1. The quantitative estimate of drug-likeness (QED) is 0.838. The number of nitrogens with two attached hydrogens (primary N) is 2. The van der Waals surface area contributed by atoms with Crippen molar-refractivity contribution in [3.8, 4) is 0 Å². The van der Waals surface area contributed by atoms with Crippen LogP contribution in [0.5, 0.6) is 0 Å². The Kier molecular flexibility index (Phi) is 4.44. The third kappa shape index (κ3) is 3.39. The maximum Gasteiger partial charge on any atom is 0.250 e. The third-order valence-electron chi connectivity index (χ3n) is 3.51. The number of hydrogen-bond donors (Lipinski definition) is 2. The van der Waals surface area contributed by atoms with Crippen LogP contribution < -0.4 is 16.4 Å². The fourth-order valence-corrected chi connectivity index (χ4v) is 2.52. The number of hydrogen-bond acceptors (Lipinski definition) is 5. The predicted octanol–water partition coefficient (Wildman–Crippen LogP) is 0.541. The first-order valence-electron chi connectivity index (χ1n) is 7.00. The van der Waals surface area contributed by atoms with Gasteiger partial charge in [-0.05, 0) is 12.0 Å². The van der Waals surface area contributed by atoms with E-state index in [4.69, 9.17) is 11.5 Å². The number of aromatic nitrogens is 1. The lowest BCUT2D eigenvalue weighted by atomic mass is 10.1. The number of carbonyl (C=O) groups excluding carboxylic acids is 1. The van der Waals surface area contributed by atoms with Gasteiger partial charge in [-0.1, -0.05) is 13.8 Å². The summed E-state index contributed by atoms with van der Waals surface area (Å²) in [4.78, 5) is 20.2. The Morgan fingerprint density at radius 1 is 1.35 bits per heavy atom. The average Bonchev–Trinajstić information content (AvgIpc) is 2.39. The van der Waals surface area contributed by atoms with Crippen LogP contribution in [0.25, 0.3) is 0 Å². The molecule has 0 aliphatic carbocycles. The smallest absolute Gasteiger partial charge is 0.250 e. The monoisotopic (exact) mass is 277 g/mol. The molecule has 0 spiro atoms. The zero-order valence-corrected chi connectivity index (χ0v) is 12.2. The SMILES string of the molecule is CC(C)CN1CCN(c2cc(C(N)=O)c(N)cn2)CC1. The van der Waals surface area contributed by atoms with Crippen LogP contribution in [0, 0.1) is 5.92 Å². The van der Waals surface area contributed by atoms with Gasteiger partial charge in [0.1, 0.15) is 5.82 Å². The highest BCUT2D eigenvalue weighted by Gasteiger charge is 2.19. The number of amides is 1. The molecule has 1 fully saturated rings. The van der Waals surface area contributed by atoms with Crippen LogP contribution in [0.1, 0.15) is 24.2 Å². The van der Waals surface area contributed by atoms with Gasteiger partial charge in [-0.2, -0.15) is 0 Å². The van der Waals surface area contributed by atoms with E-state index in [1.54, 1.807) is 6.07 Å². The van der Waals surface area contributed by atoms with Gasteiger partial charge in [0.05, 0.1) is 17.4 Å². The summed E-state index contributed by atoms with van der Waals surface area (Å²) in [6.07, 6.45) is 1.51. The van der Waals surface area contributed by atoms with Crippen LogP contribution in [0.2, 0.25) is 0 Å². The van der Waals surface area contributed by atoms with E-state index in [1.807, 2.05) is 0 Å². The summed E-state index contributed by atoms with van der Waals surface area (Å²) in [6.45, 7) is 9.41. The van der Waals surface area contributed by atoms with Gasteiger partial charge in [-0.3, -0.25) is 9.69 Å². The van der Waals surface area contributed by atoms with Crippen molar-refractivity contribution in [1.82, 2.24) is 9.88 Å². The van der Waals surface area contributed by atoms with E-state index in [2.05, 4.69) is 28.6 Å². The van der Waals surface area contributed by atoms with Crippen molar-refractivity contribution >= 4 is 17.4 Å². The summed E-state index contributed by atoms with van der Waals surface area (Å²) in [5.74, 6) is 0.944. The molecule has 4 N–H and O–H groups in total. The molecular formula is C14H23N5O. The van der Waals surface area contributed by atoms with E-state index < -0.39 is 5.91 Å². The van der Waals surface area contributed by atoms with Gasteiger partial charge in [-0.25, -0.2) is 4.98 Å². The van der Waals surface area contributed by atoms with Crippen LogP contribution in [-0.2, 0) is 0 Å². The molecule has 20 heavy (non-hydrogen) atoms. The van der Waals surface area contributed by atoms with E-state index in [1.165, 1.54) is 6.20 Å². The second kappa shape index (κ2) is 6.09. The highest BCUT2D eigenvalue weighted by Crippen LogP contribution is 2.19. The number of nitrogens with zero attached hydrogens (tertiary/aromatic N) is 3. The lowest BCUT2D eigenvalue weighted by Gasteiger charge is -2.36. The van der Waals surface area contributed by atoms with Gasteiger partial charge in [0.15, 0.2) is 0 Å². The van der Waals surface area contributed by atoms with Gasteiger partial charge in [0.25, 0.3) is 5.91 Å². The molecular weight excluding hydrogens is 254 g/mol. The van der Waals surface area contributed by atoms with Gasteiger partial charge in [-0.15, -0.1) is 0 Å². The Bertz CT molecular complexity index is 480. The molecule has 0 saturated carbocycles. The zero-order valence-electron chi connectivity index (χ0n) is 12.2. The normalized spacial score (nSPS) is 16.6. The molecule has 0 bridgehead atoms. The summed E-state index contributed by atoms with van der Waals surface area (Å²) in [6, 6.07) is 1.69. The van der Waals surface area contributed by atoms with Crippen LogP contribution in [0.15, 0.2) is 12.3 Å². The molecule has 1 aliphatic heterocycles. The molecule has 2 heterocycles. The molecule has 110 valence electrons. The first-order valence-corrected chi connectivity index (χ1v) is 7.00. The van der Waals surface area contributed by atoms with Gasteiger partial charge in [0.2, 0.25) is 0 Å². The van der Waals surface area contributed by atoms with Crippen LogP contribution in [0.3, 0.4) is 0 Å². The average molecular weight is 277 g/mol. The number of carbonyl (C=O) groups is 1. The summed E-state index contributed by atoms with van der Waals surface area (Å²) in [7, 11) is 0. The summed E-state index contributed by atoms with van der Waals surface area (Å²) < 4.78 is 0. The Morgan fingerprint density at radius 3 is 2.55 bits per heavy atom. The van der Waals surface area contributed by atoms with Crippen molar-refractivity contribution in [2.75, 3.05) is 43.4 Å². The maximum atomic E-state index is 11.3. The largest absolute Gasteiger partial charge is 0.397 e. The van der Waals surface area contributed by atoms with Crippen molar-refractivity contribution < 1.29 is 4.79 Å². The molecule has 1 aromatic rings. The van der Waals surface area contributed by atoms with Crippen LogP contribution in [0.4, 0.5) is 11.5 Å². The molecule has 2 rings (SSSR count). The topological polar surface area (TPSA) is 88.5 Å². The summed E-state index contributed by atoms with van der Waals surface area (Å²) in [5, 5.41) is 0. The number of pyridine rings is 1. The lowest BCUT2D eigenvalue weighted by molar-refractivity contribution is 0.100. The number of primary amides is 1. The minimum absolute atomic E-state index is 0.333. The van der Waals surface area contributed by atoms with Gasteiger partial charge in [0, 0.05) is 32.7 Å². The van der Waals surface area contributed by atoms with E-state index in [-0.39, 0.29) is 0 Å². The van der Waals surface area contributed by atoms with Crippen molar-refractivity contribution in [2.45, 2.75) is 13.8 Å². The van der Waals surface area contributed by atoms with E-state index in [9.17, 15) is 4.79 Å². The molecule has 0 radical (unpaired) electrons. The molecule has 1 saturated heterocycles. The number of anilines is 2. The fourth-order valence-electron chi connectivity index (χ4n) is 2.52. The molecule has 6 nitrogen and oxygen atoms in total. The second-order valence-electron chi connectivity index (χ2n) is 5.68. The molecule has 6 heteroatoms. The minimum atomic E-state index is -0.510. The minimum Gasteiger partial charge on any atom is -0.397 e. The molecule has 0 aromatic carbocycles. The van der Waals surface area contributed by atoms with Crippen molar-refractivity contribution in [3.63, 3.8) is 0 Å². The van der Waals surface area contributed by atoms with Gasteiger partial charge >= 0.3 is 0 Å². The van der Waals surface area contributed by atoms with E-state index in [0.717, 1.165) is 38.5 Å². The van der Waals surface area contributed by atoms with Crippen LogP contribution in [-0.4, -0.2) is 48.5 Å². The molecule has 0 atom stereocenters.